The highest BCUT2D eigenvalue weighted by Crippen LogP contribution is 2.18. The molecule has 0 saturated carbocycles. The minimum Gasteiger partial charge on any atom is -0.478 e. The Hall–Kier alpha value is -1.58. The molecule has 0 aromatic heterocycles. The molecule has 1 aromatic carbocycles. The van der Waals surface area contributed by atoms with Crippen molar-refractivity contribution in [3.63, 3.8) is 0 Å². The third-order valence-corrected chi connectivity index (χ3v) is 2.77. The molecule has 0 spiro atoms. The molecular weight excluding hydrogens is 233 g/mol. The number of benzene rings is 1. The quantitative estimate of drug-likeness (QED) is 0.846. The van der Waals surface area contributed by atoms with Crippen LogP contribution in [-0.4, -0.2) is 18.1 Å². The van der Waals surface area contributed by atoms with Crippen LogP contribution in [-0.2, 0) is 4.79 Å². The Kier molecular flexibility index (Phi) is 5.62. The van der Waals surface area contributed by atoms with Crippen LogP contribution in [0, 0.1) is 5.82 Å². The molecule has 0 saturated heterocycles. The number of carbonyl (C=O) groups excluding carboxylic acids is 1. The maximum atomic E-state index is 13.4. The third kappa shape index (κ3) is 4.02. The maximum absolute atomic E-state index is 13.4. The van der Waals surface area contributed by atoms with Gasteiger partial charge in [0, 0.05) is 6.04 Å². The molecule has 100 valence electrons. The molecule has 0 fully saturated rings. The third-order valence-electron chi connectivity index (χ3n) is 2.77. The molecule has 0 aliphatic rings. The van der Waals surface area contributed by atoms with Gasteiger partial charge in [0.1, 0.15) is 0 Å². The van der Waals surface area contributed by atoms with E-state index in [9.17, 15) is 9.18 Å². The summed E-state index contributed by atoms with van der Waals surface area (Å²) in [4.78, 5) is 11.9. The van der Waals surface area contributed by atoms with E-state index in [2.05, 4.69) is 5.32 Å². The predicted octanol–water partition coefficient (Wildman–Crippen LogP) is 2.90. The average Bonchev–Trinajstić information content (AvgIpc) is 2.37. The van der Waals surface area contributed by atoms with Gasteiger partial charge in [0.2, 0.25) is 0 Å². The number of amides is 1. The van der Waals surface area contributed by atoms with Gasteiger partial charge < -0.3 is 10.1 Å². The summed E-state index contributed by atoms with van der Waals surface area (Å²) in [5, 5.41) is 2.83. The number of nitrogens with one attached hydrogen (secondary N) is 1. The first-order chi connectivity index (χ1) is 8.58. The first-order valence-corrected chi connectivity index (χ1v) is 6.30. The lowest BCUT2D eigenvalue weighted by Gasteiger charge is -2.20. The van der Waals surface area contributed by atoms with Gasteiger partial charge in [-0.25, -0.2) is 4.39 Å². The second-order valence-corrected chi connectivity index (χ2v) is 4.26. The monoisotopic (exact) mass is 253 g/mol. The summed E-state index contributed by atoms with van der Waals surface area (Å²) in [5.41, 5.74) is 0. The normalized spacial score (nSPS) is 13.8. The van der Waals surface area contributed by atoms with Crippen LogP contribution in [0.1, 0.15) is 33.6 Å². The topological polar surface area (TPSA) is 38.3 Å². The standard InChI is InChI=1S/C14H20FNO2/c1-4-10(3)16-14(17)12(5-2)18-13-9-7-6-8-11(13)15/h6-10,12H,4-5H2,1-3H3,(H,16,17)/t10-,12-/m0/s1. The lowest BCUT2D eigenvalue weighted by molar-refractivity contribution is -0.128. The maximum Gasteiger partial charge on any atom is 0.261 e. The van der Waals surface area contributed by atoms with E-state index in [1.807, 2.05) is 20.8 Å². The van der Waals surface area contributed by atoms with Crippen molar-refractivity contribution in [1.82, 2.24) is 5.32 Å². The lowest BCUT2D eigenvalue weighted by Crippen LogP contribution is -2.42. The van der Waals surface area contributed by atoms with Crippen molar-refractivity contribution in [3.8, 4) is 5.75 Å². The zero-order valence-corrected chi connectivity index (χ0v) is 11.1. The first-order valence-electron chi connectivity index (χ1n) is 6.30. The van der Waals surface area contributed by atoms with Gasteiger partial charge in [-0.2, -0.15) is 0 Å². The number of halogens is 1. The van der Waals surface area contributed by atoms with Gasteiger partial charge in [0.25, 0.3) is 5.91 Å². The Balaban J connectivity index is 2.67. The Morgan fingerprint density at radius 3 is 2.56 bits per heavy atom. The van der Waals surface area contributed by atoms with Crippen molar-refractivity contribution < 1.29 is 13.9 Å². The van der Waals surface area contributed by atoms with Crippen LogP contribution in [0.5, 0.6) is 5.75 Å². The van der Waals surface area contributed by atoms with Gasteiger partial charge in [-0.15, -0.1) is 0 Å². The summed E-state index contributed by atoms with van der Waals surface area (Å²) < 4.78 is 18.8. The van der Waals surface area contributed by atoms with Crippen LogP contribution >= 0.6 is 0 Å². The molecule has 0 aliphatic carbocycles. The highest BCUT2D eigenvalue weighted by Gasteiger charge is 2.20. The summed E-state index contributed by atoms with van der Waals surface area (Å²) in [6.07, 6.45) is 0.689. The Morgan fingerprint density at radius 2 is 2.00 bits per heavy atom. The molecule has 2 atom stereocenters. The molecule has 0 bridgehead atoms. The highest BCUT2D eigenvalue weighted by molar-refractivity contribution is 5.81. The predicted molar refractivity (Wildman–Crippen MR) is 69.0 cm³/mol. The Bertz CT molecular complexity index is 395. The molecule has 4 heteroatoms. The SMILES string of the molecule is CC[C@H](Oc1ccccc1F)C(=O)N[C@@H](C)CC. The molecule has 0 heterocycles. The largest absolute Gasteiger partial charge is 0.478 e. The first kappa shape index (κ1) is 14.5. The molecule has 1 rings (SSSR count). The van der Waals surface area contributed by atoms with Gasteiger partial charge >= 0.3 is 0 Å². The Morgan fingerprint density at radius 1 is 1.33 bits per heavy atom. The molecule has 1 amide bonds. The second-order valence-electron chi connectivity index (χ2n) is 4.26. The van der Waals surface area contributed by atoms with Crippen LogP contribution in [0.15, 0.2) is 24.3 Å². The number of hydrogen-bond acceptors (Lipinski definition) is 2. The van der Waals surface area contributed by atoms with Gasteiger partial charge in [-0.05, 0) is 31.9 Å². The van der Waals surface area contributed by atoms with Crippen LogP contribution in [0.2, 0.25) is 0 Å². The van der Waals surface area contributed by atoms with Crippen molar-refractivity contribution in [2.24, 2.45) is 0 Å². The number of rotatable bonds is 6. The molecule has 0 radical (unpaired) electrons. The zero-order valence-electron chi connectivity index (χ0n) is 11.1. The summed E-state index contributed by atoms with van der Waals surface area (Å²) in [6, 6.07) is 6.19. The molecule has 0 unspecified atom stereocenters. The Labute approximate surface area is 107 Å². The molecule has 18 heavy (non-hydrogen) atoms. The van der Waals surface area contributed by atoms with Crippen LogP contribution in [0.3, 0.4) is 0 Å². The molecule has 3 nitrogen and oxygen atoms in total. The molecular formula is C14H20FNO2. The molecule has 0 aliphatic heterocycles. The van der Waals surface area contributed by atoms with E-state index in [4.69, 9.17) is 4.74 Å². The fourth-order valence-electron chi connectivity index (χ4n) is 1.45. The summed E-state index contributed by atoms with van der Waals surface area (Å²) in [7, 11) is 0. The van der Waals surface area contributed by atoms with Crippen LogP contribution in [0.25, 0.3) is 0 Å². The van der Waals surface area contributed by atoms with E-state index in [1.165, 1.54) is 12.1 Å². The van der Waals surface area contributed by atoms with Crippen LogP contribution in [0.4, 0.5) is 4.39 Å². The highest BCUT2D eigenvalue weighted by atomic mass is 19.1. The van der Waals surface area contributed by atoms with Gasteiger partial charge in [0.05, 0.1) is 0 Å². The van der Waals surface area contributed by atoms with E-state index in [-0.39, 0.29) is 17.7 Å². The molecule has 1 N–H and O–H groups in total. The number of ether oxygens (including phenoxy) is 1. The van der Waals surface area contributed by atoms with Crippen molar-refractivity contribution in [1.29, 1.82) is 0 Å². The summed E-state index contributed by atoms with van der Waals surface area (Å²) in [5.74, 6) is -0.536. The van der Waals surface area contributed by atoms with Crippen molar-refractivity contribution >= 4 is 5.91 Å². The van der Waals surface area contributed by atoms with Crippen molar-refractivity contribution in [2.75, 3.05) is 0 Å². The number of carbonyl (C=O) groups is 1. The van der Waals surface area contributed by atoms with Crippen molar-refractivity contribution in [2.45, 2.75) is 45.8 Å². The number of hydrogen-bond donors (Lipinski definition) is 1. The van der Waals surface area contributed by atoms with E-state index < -0.39 is 11.9 Å². The average molecular weight is 253 g/mol. The zero-order chi connectivity index (χ0) is 13.5. The smallest absolute Gasteiger partial charge is 0.261 e. The minimum atomic E-state index is -0.657. The van der Waals surface area contributed by atoms with Gasteiger partial charge in [0.15, 0.2) is 17.7 Å². The summed E-state index contributed by atoms with van der Waals surface area (Å²) >= 11 is 0. The van der Waals surface area contributed by atoms with Gasteiger partial charge in [-0.1, -0.05) is 26.0 Å². The second kappa shape index (κ2) is 6.99. The fraction of sp³-hybridized carbons (Fsp3) is 0.500. The van der Waals surface area contributed by atoms with Crippen LogP contribution < -0.4 is 10.1 Å². The fourth-order valence-corrected chi connectivity index (χ4v) is 1.45. The molecule has 1 aromatic rings. The minimum absolute atomic E-state index is 0.0933. The van der Waals surface area contributed by atoms with E-state index in [0.29, 0.717) is 6.42 Å². The lowest BCUT2D eigenvalue weighted by atomic mass is 10.2. The summed E-state index contributed by atoms with van der Waals surface area (Å²) in [6.45, 7) is 5.75. The number of para-hydroxylation sites is 1. The van der Waals surface area contributed by atoms with Gasteiger partial charge in [-0.3, -0.25) is 4.79 Å². The van der Waals surface area contributed by atoms with E-state index >= 15 is 0 Å². The van der Waals surface area contributed by atoms with Crippen molar-refractivity contribution in [3.05, 3.63) is 30.1 Å². The van der Waals surface area contributed by atoms with E-state index in [0.717, 1.165) is 6.42 Å². The van der Waals surface area contributed by atoms with E-state index in [1.54, 1.807) is 12.1 Å².